The highest BCUT2D eigenvalue weighted by Gasteiger charge is 2.21. The number of methoxy groups -OCH3 is 1. The first kappa shape index (κ1) is 19.2. The van der Waals surface area contributed by atoms with E-state index in [-0.39, 0.29) is 5.91 Å². The Bertz CT molecular complexity index is 980. The Hall–Kier alpha value is -3.60. The van der Waals surface area contributed by atoms with Gasteiger partial charge in [0.1, 0.15) is 17.6 Å². The molecule has 1 aromatic carbocycles. The van der Waals surface area contributed by atoms with E-state index in [0.717, 1.165) is 23.1 Å². The molecule has 1 saturated heterocycles. The molecule has 0 bridgehead atoms. The third-order valence-electron chi connectivity index (χ3n) is 4.60. The number of hydrogen-bond acceptors (Lipinski definition) is 6. The summed E-state index contributed by atoms with van der Waals surface area (Å²) in [5, 5.41) is 19.1. The summed E-state index contributed by atoms with van der Waals surface area (Å²) in [4.78, 5) is 31.0. The summed E-state index contributed by atoms with van der Waals surface area (Å²) in [7, 11) is 1.59. The Morgan fingerprint density at radius 1 is 1.21 bits per heavy atom. The lowest BCUT2D eigenvalue weighted by Crippen LogP contribution is -2.34. The van der Waals surface area contributed by atoms with Crippen LogP contribution in [0.2, 0.25) is 0 Å². The summed E-state index contributed by atoms with van der Waals surface area (Å²) in [5.41, 5.74) is 1.21. The van der Waals surface area contributed by atoms with Crippen LogP contribution in [0, 0.1) is 11.3 Å². The van der Waals surface area contributed by atoms with Crippen LogP contribution in [0.1, 0.15) is 12.0 Å². The van der Waals surface area contributed by atoms with E-state index < -0.39 is 5.97 Å². The monoisotopic (exact) mass is 380 g/mol. The molecule has 0 spiro atoms. The van der Waals surface area contributed by atoms with Crippen molar-refractivity contribution in [3.63, 3.8) is 0 Å². The lowest BCUT2D eigenvalue weighted by atomic mass is 10.1. The Morgan fingerprint density at radius 3 is 2.75 bits per heavy atom. The topological polar surface area (TPSA) is 107 Å². The molecule has 0 saturated carbocycles. The summed E-state index contributed by atoms with van der Waals surface area (Å²) in [6.45, 7) is 2.08. The van der Waals surface area contributed by atoms with E-state index in [1.54, 1.807) is 18.1 Å². The molecule has 0 radical (unpaired) electrons. The van der Waals surface area contributed by atoms with Crippen molar-refractivity contribution in [1.29, 1.82) is 5.26 Å². The lowest BCUT2D eigenvalue weighted by molar-refractivity contribution is -0.132. The van der Waals surface area contributed by atoms with Crippen LogP contribution in [-0.2, 0) is 9.59 Å². The highest BCUT2D eigenvalue weighted by molar-refractivity contribution is 5.94. The van der Waals surface area contributed by atoms with Crippen LogP contribution in [0.25, 0.3) is 10.9 Å². The smallest absolute Gasteiger partial charge is 0.328 e. The number of carboxylic acid groups (broad SMARTS) is 1. The molecule has 2 aromatic rings. The van der Waals surface area contributed by atoms with Gasteiger partial charge in [-0.05, 0) is 24.6 Å². The van der Waals surface area contributed by atoms with Crippen molar-refractivity contribution >= 4 is 28.6 Å². The molecule has 1 N–H and O–H groups in total. The van der Waals surface area contributed by atoms with Crippen molar-refractivity contribution in [2.45, 2.75) is 6.42 Å². The summed E-state index contributed by atoms with van der Waals surface area (Å²) in [5.74, 6) is -0.215. The minimum absolute atomic E-state index is 0.332. The number of pyridine rings is 1. The van der Waals surface area contributed by atoms with Crippen LogP contribution in [0.5, 0.6) is 5.75 Å². The zero-order chi connectivity index (χ0) is 20.1. The van der Waals surface area contributed by atoms with E-state index in [2.05, 4.69) is 11.1 Å². The minimum Gasteiger partial charge on any atom is -0.497 e. The number of fused-ring (bicyclic) bond motifs is 1. The molecule has 1 amide bonds. The second kappa shape index (κ2) is 8.39. The molecular formula is C20H20N4O4. The highest BCUT2D eigenvalue weighted by Crippen LogP contribution is 2.26. The van der Waals surface area contributed by atoms with E-state index in [1.165, 1.54) is 0 Å². The van der Waals surface area contributed by atoms with Crippen LogP contribution in [0.3, 0.4) is 0 Å². The number of amides is 1. The van der Waals surface area contributed by atoms with Gasteiger partial charge >= 0.3 is 5.97 Å². The van der Waals surface area contributed by atoms with Gasteiger partial charge in [0.05, 0.1) is 18.2 Å². The first-order valence-corrected chi connectivity index (χ1v) is 8.85. The molecule has 1 aliphatic heterocycles. The number of aliphatic carboxylic acids is 1. The Kier molecular flexibility index (Phi) is 5.75. The maximum absolute atomic E-state index is 12.1. The predicted octanol–water partition coefficient (Wildman–Crippen LogP) is 1.79. The standard InChI is InChI=1S/C20H20N4O4/c1-28-16-4-3-14-11-15(13-21)20(22-17(14)12-16)24-8-2-7-23(9-10-24)18(25)5-6-19(26)27/h3-6,11-12H,2,7-10H2,1H3,(H,26,27)/b6-5+. The fourth-order valence-corrected chi connectivity index (χ4v) is 3.18. The van der Waals surface area contributed by atoms with Crippen molar-refractivity contribution in [3.05, 3.63) is 42.0 Å². The molecule has 8 heteroatoms. The van der Waals surface area contributed by atoms with Gasteiger partial charge in [0.15, 0.2) is 0 Å². The number of aromatic nitrogens is 1. The van der Waals surface area contributed by atoms with Gasteiger partial charge in [-0.3, -0.25) is 4.79 Å². The van der Waals surface area contributed by atoms with E-state index in [0.29, 0.717) is 49.7 Å². The van der Waals surface area contributed by atoms with Gasteiger partial charge in [-0.25, -0.2) is 9.78 Å². The molecule has 0 unspecified atom stereocenters. The first-order valence-electron chi connectivity index (χ1n) is 8.85. The van der Waals surface area contributed by atoms with Crippen LogP contribution in [0.15, 0.2) is 36.4 Å². The van der Waals surface area contributed by atoms with E-state index >= 15 is 0 Å². The van der Waals surface area contributed by atoms with Gasteiger partial charge in [0.2, 0.25) is 5.91 Å². The second-order valence-electron chi connectivity index (χ2n) is 6.37. The number of carboxylic acids is 1. The third kappa shape index (κ3) is 4.20. The van der Waals surface area contributed by atoms with E-state index in [1.807, 2.05) is 23.1 Å². The minimum atomic E-state index is -1.15. The molecule has 1 aliphatic rings. The average Bonchev–Trinajstić information content (AvgIpc) is 2.96. The van der Waals surface area contributed by atoms with Crippen LogP contribution < -0.4 is 9.64 Å². The van der Waals surface area contributed by atoms with Crippen LogP contribution in [-0.4, -0.2) is 60.2 Å². The largest absolute Gasteiger partial charge is 0.497 e. The number of carbonyl (C=O) groups excluding carboxylic acids is 1. The molecule has 3 rings (SSSR count). The lowest BCUT2D eigenvalue weighted by Gasteiger charge is -2.23. The van der Waals surface area contributed by atoms with Crippen molar-refractivity contribution in [2.24, 2.45) is 0 Å². The number of nitrogens with zero attached hydrogens (tertiary/aromatic N) is 4. The number of carbonyl (C=O) groups is 2. The van der Waals surface area contributed by atoms with Crippen molar-refractivity contribution in [3.8, 4) is 11.8 Å². The number of ether oxygens (including phenoxy) is 1. The zero-order valence-electron chi connectivity index (χ0n) is 15.5. The molecule has 28 heavy (non-hydrogen) atoms. The van der Waals surface area contributed by atoms with Crippen molar-refractivity contribution in [1.82, 2.24) is 9.88 Å². The summed E-state index contributed by atoms with van der Waals surface area (Å²) in [6, 6.07) is 9.53. The SMILES string of the molecule is COc1ccc2cc(C#N)c(N3CCCN(C(=O)/C=C/C(=O)O)CC3)nc2c1. The molecule has 0 aliphatic carbocycles. The Morgan fingerprint density at radius 2 is 2.04 bits per heavy atom. The quantitative estimate of drug-likeness (QED) is 0.806. The van der Waals surface area contributed by atoms with E-state index in [9.17, 15) is 14.9 Å². The number of benzene rings is 1. The summed E-state index contributed by atoms with van der Waals surface area (Å²) >= 11 is 0. The van der Waals surface area contributed by atoms with Crippen LogP contribution >= 0.6 is 0 Å². The fraction of sp³-hybridized carbons (Fsp3) is 0.300. The van der Waals surface area contributed by atoms with Crippen molar-refractivity contribution in [2.75, 3.05) is 38.2 Å². The molecule has 144 valence electrons. The molecule has 0 atom stereocenters. The summed E-state index contributed by atoms with van der Waals surface area (Å²) in [6.07, 6.45) is 2.60. The Labute approximate surface area is 162 Å². The fourth-order valence-electron chi connectivity index (χ4n) is 3.18. The normalized spacial score (nSPS) is 14.7. The van der Waals surface area contributed by atoms with E-state index in [4.69, 9.17) is 9.84 Å². The summed E-state index contributed by atoms with van der Waals surface area (Å²) < 4.78 is 5.25. The highest BCUT2D eigenvalue weighted by atomic mass is 16.5. The molecule has 1 aromatic heterocycles. The predicted molar refractivity (Wildman–Crippen MR) is 103 cm³/mol. The number of nitriles is 1. The second-order valence-corrected chi connectivity index (χ2v) is 6.37. The zero-order valence-corrected chi connectivity index (χ0v) is 15.5. The van der Waals surface area contributed by atoms with Gasteiger partial charge < -0.3 is 19.6 Å². The molecule has 8 nitrogen and oxygen atoms in total. The Balaban J connectivity index is 1.85. The molecular weight excluding hydrogens is 360 g/mol. The van der Waals surface area contributed by atoms with Gasteiger partial charge in [-0.15, -0.1) is 0 Å². The van der Waals surface area contributed by atoms with Gasteiger partial charge in [0, 0.05) is 49.8 Å². The maximum atomic E-state index is 12.1. The first-order chi connectivity index (χ1) is 13.5. The molecule has 2 heterocycles. The maximum Gasteiger partial charge on any atom is 0.328 e. The number of rotatable bonds is 4. The number of hydrogen-bond donors (Lipinski definition) is 1. The van der Waals surface area contributed by atoms with Gasteiger partial charge in [-0.2, -0.15) is 5.26 Å². The van der Waals surface area contributed by atoms with Crippen molar-refractivity contribution < 1.29 is 19.4 Å². The number of anilines is 1. The molecule has 1 fully saturated rings. The third-order valence-corrected chi connectivity index (χ3v) is 4.60. The van der Waals surface area contributed by atoms with Gasteiger partial charge in [0.25, 0.3) is 0 Å². The van der Waals surface area contributed by atoms with Crippen LogP contribution in [0.4, 0.5) is 5.82 Å². The average molecular weight is 380 g/mol. The van der Waals surface area contributed by atoms with Gasteiger partial charge in [-0.1, -0.05) is 0 Å².